The average molecular weight is 442 g/mol. The second-order valence-corrected chi connectivity index (χ2v) is 8.59. The lowest BCUT2D eigenvalue weighted by Gasteiger charge is -2.17. The molecule has 1 atom stereocenters. The van der Waals surface area contributed by atoms with Crippen molar-refractivity contribution >= 4 is 34.8 Å². The van der Waals surface area contributed by atoms with Crippen LogP contribution in [0.3, 0.4) is 0 Å². The smallest absolute Gasteiger partial charge is 0.255 e. The first-order valence-corrected chi connectivity index (χ1v) is 11.0. The van der Waals surface area contributed by atoms with Crippen LogP contribution in [-0.2, 0) is 9.59 Å². The van der Waals surface area contributed by atoms with Gasteiger partial charge in [-0.05, 0) is 68.3 Å². The van der Waals surface area contributed by atoms with Crippen LogP contribution in [0.15, 0.2) is 66.7 Å². The molecule has 1 heterocycles. The van der Waals surface area contributed by atoms with E-state index in [1.807, 2.05) is 63.2 Å². The Labute approximate surface area is 193 Å². The Morgan fingerprint density at radius 1 is 0.879 bits per heavy atom. The van der Waals surface area contributed by atoms with E-state index in [1.54, 1.807) is 29.2 Å². The summed E-state index contributed by atoms with van der Waals surface area (Å²) in [7, 11) is 0. The molecule has 0 unspecified atom stereocenters. The summed E-state index contributed by atoms with van der Waals surface area (Å²) >= 11 is 0. The summed E-state index contributed by atoms with van der Waals surface area (Å²) in [6.45, 7) is 6.25. The summed E-state index contributed by atoms with van der Waals surface area (Å²) in [4.78, 5) is 39.8. The molecule has 4 rings (SSSR count). The van der Waals surface area contributed by atoms with Gasteiger partial charge >= 0.3 is 0 Å². The van der Waals surface area contributed by atoms with Crippen LogP contribution >= 0.6 is 0 Å². The summed E-state index contributed by atoms with van der Waals surface area (Å²) in [5.74, 6) is -1.00. The molecule has 0 aliphatic carbocycles. The minimum Gasteiger partial charge on any atom is -0.326 e. The van der Waals surface area contributed by atoms with Crippen molar-refractivity contribution in [2.75, 3.05) is 22.1 Å². The molecule has 6 nitrogen and oxygen atoms in total. The van der Waals surface area contributed by atoms with Gasteiger partial charge in [0.25, 0.3) is 5.91 Å². The largest absolute Gasteiger partial charge is 0.326 e. The van der Waals surface area contributed by atoms with Crippen molar-refractivity contribution in [2.45, 2.75) is 27.2 Å². The van der Waals surface area contributed by atoms with Crippen molar-refractivity contribution in [1.82, 2.24) is 0 Å². The highest BCUT2D eigenvalue weighted by Crippen LogP contribution is 2.27. The fourth-order valence-electron chi connectivity index (χ4n) is 4.06. The quantitative estimate of drug-likeness (QED) is 0.594. The van der Waals surface area contributed by atoms with E-state index in [2.05, 4.69) is 10.6 Å². The van der Waals surface area contributed by atoms with Gasteiger partial charge in [-0.2, -0.15) is 0 Å². The summed E-state index contributed by atoms with van der Waals surface area (Å²) in [6, 6.07) is 20.3. The zero-order chi connectivity index (χ0) is 23.5. The molecule has 33 heavy (non-hydrogen) atoms. The number of aryl methyl sites for hydroxylation is 3. The Morgan fingerprint density at radius 2 is 1.64 bits per heavy atom. The van der Waals surface area contributed by atoms with Gasteiger partial charge in [-0.1, -0.05) is 35.9 Å². The van der Waals surface area contributed by atoms with Gasteiger partial charge in [0.05, 0.1) is 5.92 Å². The van der Waals surface area contributed by atoms with E-state index in [1.165, 1.54) is 0 Å². The van der Waals surface area contributed by atoms with Gasteiger partial charge in [0, 0.05) is 35.6 Å². The van der Waals surface area contributed by atoms with Crippen LogP contribution in [0.1, 0.15) is 33.5 Å². The number of carbonyl (C=O) groups is 3. The predicted molar refractivity (Wildman–Crippen MR) is 131 cm³/mol. The van der Waals surface area contributed by atoms with Gasteiger partial charge in [-0.25, -0.2) is 0 Å². The Morgan fingerprint density at radius 3 is 2.39 bits per heavy atom. The van der Waals surface area contributed by atoms with E-state index in [9.17, 15) is 14.4 Å². The number of rotatable bonds is 5. The molecule has 1 aliphatic rings. The number of amides is 3. The fraction of sp³-hybridized carbons (Fsp3) is 0.222. The summed E-state index contributed by atoms with van der Waals surface area (Å²) < 4.78 is 0. The first-order valence-electron chi connectivity index (χ1n) is 11.0. The van der Waals surface area contributed by atoms with Crippen molar-refractivity contribution in [3.05, 3.63) is 89.0 Å². The van der Waals surface area contributed by atoms with E-state index >= 15 is 0 Å². The number of benzene rings is 3. The Hall–Kier alpha value is -3.93. The third-order valence-corrected chi connectivity index (χ3v) is 5.83. The van der Waals surface area contributed by atoms with Crippen molar-refractivity contribution in [3.63, 3.8) is 0 Å². The number of anilines is 3. The van der Waals surface area contributed by atoms with Crippen molar-refractivity contribution in [1.29, 1.82) is 0 Å². The van der Waals surface area contributed by atoms with Crippen LogP contribution in [0, 0.1) is 26.7 Å². The molecule has 3 amide bonds. The molecule has 0 saturated carbocycles. The van der Waals surface area contributed by atoms with Gasteiger partial charge in [0.2, 0.25) is 11.8 Å². The van der Waals surface area contributed by atoms with Crippen LogP contribution in [0.2, 0.25) is 0 Å². The highest BCUT2D eigenvalue weighted by atomic mass is 16.2. The van der Waals surface area contributed by atoms with Gasteiger partial charge in [-0.15, -0.1) is 0 Å². The van der Waals surface area contributed by atoms with E-state index in [4.69, 9.17) is 0 Å². The molecule has 0 radical (unpaired) electrons. The second-order valence-electron chi connectivity index (χ2n) is 8.59. The monoisotopic (exact) mass is 441 g/mol. The molecule has 1 aliphatic heterocycles. The Kier molecular flexibility index (Phi) is 6.27. The fourth-order valence-corrected chi connectivity index (χ4v) is 4.06. The minimum absolute atomic E-state index is 0.0673. The molecular formula is C27H27N3O3. The van der Waals surface area contributed by atoms with Gasteiger partial charge < -0.3 is 15.5 Å². The van der Waals surface area contributed by atoms with E-state index < -0.39 is 5.92 Å². The number of carbonyl (C=O) groups excluding carboxylic acids is 3. The third-order valence-electron chi connectivity index (χ3n) is 5.83. The lowest BCUT2D eigenvalue weighted by atomic mass is 10.1. The number of hydrogen-bond acceptors (Lipinski definition) is 3. The molecule has 6 heteroatoms. The number of nitrogens with one attached hydrogen (secondary N) is 2. The van der Waals surface area contributed by atoms with Crippen LogP contribution < -0.4 is 15.5 Å². The van der Waals surface area contributed by atoms with Crippen LogP contribution in [-0.4, -0.2) is 24.3 Å². The zero-order valence-corrected chi connectivity index (χ0v) is 19.0. The minimum atomic E-state index is -0.453. The maximum atomic E-state index is 12.9. The summed E-state index contributed by atoms with van der Waals surface area (Å²) in [5, 5.41) is 5.79. The van der Waals surface area contributed by atoms with E-state index in [-0.39, 0.29) is 24.1 Å². The first-order chi connectivity index (χ1) is 15.8. The lowest BCUT2D eigenvalue weighted by molar-refractivity contribution is -0.122. The highest BCUT2D eigenvalue weighted by molar-refractivity contribution is 6.06. The third kappa shape index (κ3) is 5.12. The molecule has 0 spiro atoms. The maximum Gasteiger partial charge on any atom is 0.255 e. The maximum absolute atomic E-state index is 12.9. The molecular weight excluding hydrogens is 414 g/mol. The molecule has 1 fully saturated rings. The predicted octanol–water partition coefficient (Wildman–Crippen LogP) is 4.86. The van der Waals surface area contributed by atoms with Crippen LogP contribution in [0.5, 0.6) is 0 Å². The van der Waals surface area contributed by atoms with Gasteiger partial charge in [0.15, 0.2) is 0 Å². The molecule has 2 N–H and O–H groups in total. The van der Waals surface area contributed by atoms with Crippen molar-refractivity contribution in [2.24, 2.45) is 5.92 Å². The van der Waals surface area contributed by atoms with E-state index in [0.29, 0.717) is 17.8 Å². The topological polar surface area (TPSA) is 78.5 Å². The van der Waals surface area contributed by atoms with Crippen LogP contribution in [0.4, 0.5) is 17.1 Å². The average Bonchev–Trinajstić information content (AvgIpc) is 3.17. The molecule has 0 aromatic heterocycles. The van der Waals surface area contributed by atoms with Gasteiger partial charge in [0.1, 0.15) is 0 Å². The molecule has 3 aromatic rings. The normalized spacial score (nSPS) is 15.4. The Balaban J connectivity index is 1.42. The van der Waals surface area contributed by atoms with Crippen LogP contribution in [0.25, 0.3) is 0 Å². The second kappa shape index (κ2) is 9.28. The standard InChI is InChI=1S/C27H27N3O3/c1-17-6-4-9-23(13-17)30-16-21(15-25(30)31)27(33)28-22-8-5-7-20(14-22)26(32)29-24-11-10-18(2)12-19(24)3/h4-14,21H,15-16H2,1-3H3,(H,28,33)(H,29,32)/t21-/m1/s1. The first kappa shape index (κ1) is 22.3. The molecule has 3 aromatic carbocycles. The molecule has 1 saturated heterocycles. The number of hydrogen-bond donors (Lipinski definition) is 2. The van der Waals surface area contributed by atoms with E-state index in [0.717, 1.165) is 28.1 Å². The zero-order valence-electron chi connectivity index (χ0n) is 19.0. The van der Waals surface area contributed by atoms with Gasteiger partial charge in [-0.3, -0.25) is 14.4 Å². The lowest BCUT2D eigenvalue weighted by Crippen LogP contribution is -2.28. The SMILES string of the molecule is Cc1cccc(N2C[C@H](C(=O)Nc3cccc(C(=O)Nc4ccc(C)cc4C)c3)CC2=O)c1. The Bertz CT molecular complexity index is 1230. The molecule has 0 bridgehead atoms. The number of nitrogens with zero attached hydrogens (tertiary/aromatic N) is 1. The summed E-state index contributed by atoms with van der Waals surface area (Å²) in [6.07, 6.45) is 0.159. The highest BCUT2D eigenvalue weighted by Gasteiger charge is 2.35. The molecule has 168 valence electrons. The summed E-state index contributed by atoms with van der Waals surface area (Å²) in [5.41, 5.74) is 5.69. The van der Waals surface area contributed by atoms with Crippen molar-refractivity contribution < 1.29 is 14.4 Å². The van der Waals surface area contributed by atoms with Crippen molar-refractivity contribution in [3.8, 4) is 0 Å².